The van der Waals surface area contributed by atoms with Gasteiger partial charge in [-0.25, -0.2) is 0 Å². The summed E-state index contributed by atoms with van der Waals surface area (Å²) in [7, 11) is 0. The summed E-state index contributed by atoms with van der Waals surface area (Å²) >= 11 is 1.03. The van der Waals surface area contributed by atoms with Gasteiger partial charge in [-0.1, -0.05) is 11.3 Å². The lowest BCUT2D eigenvalue weighted by atomic mass is 10.3. The van der Waals surface area contributed by atoms with E-state index >= 15 is 0 Å². The molecule has 6 nitrogen and oxygen atoms in total. The molecule has 1 heterocycles. The molecule has 82 valence electrons. The minimum atomic E-state index is -0.945. The Morgan fingerprint density at radius 2 is 2.47 bits per heavy atom. The largest absolute Gasteiger partial charge is 0.480 e. The normalized spacial score (nSPS) is 12.3. The molecule has 15 heavy (non-hydrogen) atoms. The third-order valence-corrected chi connectivity index (χ3v) is 2.73. The quantitative estimate of drug-likeness (QED) is 0.586. The Morgan fingerprint density at radius 3 is 2.93 bits per heavy atom. The molecule has 0 saturated heterocycles. The van der Waals surface area contributed by atoms with Crippen molar-refractivity contribution >= 4 is 22.3 Å². The van der Waals surface area contributed by atoms with E-state index in [1.807, 2.05) is 0 Å². The molecule has 0 aromatic carbocycles. The van der Waals surface area contributed by atoms with Crippen LogP contribution in [0.25, 0.3) is 0 Å². The first-order valence-electron chi connectivity index (χ1n) is 4.18. The molecule has 7 heteroatoms. The molecule has 0 aliphatic rings. The number of thiophene rings is 1. The highest BCUT2D eigenvalue weighted by Crippen LogP contribution is 2.22. The highest BCUT2D eigenvalue weighted by atomic mass is 32.1. The molecule has 1 atom stereocenters. The van der Waals surface area contributed by atoms with Gasteiger partial charge in [0.25, 0.3) is 0 Å². The zero-order valence-electron chi connectivity index (χ0n) is 7.97. The fraction of sp³-hybridized carbons (Fsp3) is 0.375. The second-order valence-corrected chi connectivity index (χ2v) is 3.88. The lowest BCUT2D eigenvalue weighted by molar-refractivity contribution is -0.380. The van der Waals surface area contributed by atoms with Gasteiger partial charge in [-0.3, -0.25) is 14.9 Å². The molecule has 0 saturated carbocycles. The zero-order valence-corrected chi connectivity index (χ0v) is 8.78. The maximum absolute atomic E-state index is 10.5. The van der Waals surface area contributed by atoms with E-state index in [1.165, 1.54) is 13.0 Å². The van der Waals surface area contributed by atoms with E-state index in [9.17, 15) is 14.9 Å². The number of nitro groups is 1. The number of carboxylic acids is 1. The van der Waals surface area contributed by atoms with Gasteiger partial charge < -0.3 is 10.4 Å². The van der Waals surface area contributed by atoms with Crippen molar-refractivity contribution in [1.29, 1.82) is 0 Å². The van der Waals surface area contributed by atoms with Gasteiger partial charge in [-0.15, -0.1) is 0 Å². The number of hydrogen-bond donors (Lipinski definition) is 2. The first kappa shape index (κ1) is 11.6. The molecular weight excluding hydrogens is 220 g/mol. The minimum Gasteiger partial charge on any atom is -0.480 e. The van der Waals surface area contributed by atoms with Crippen molar-refractivity contribution in [3.05, 3.63) is 27.1 Å². The van der Waals surface area contributed by atoms with Gasteiger partial charge in [0.15, 0.2) is 0 Å². The van der Waals surface area contributed by atoms with E-state index in [4.69, 9.17) is 5.11 Å². The summed E-state index contributed by atoms with van der Waals surface area (Å²) in [4.78, 5) is 20.4. The first-order chi connectivity index (χ1) is 7.00. The third-order valence-electron chi connectivity index (χ3n) is 1.80. The van der Waals surface area contributed by atoms with Crippen LogP contribution in [0.15, 0.2) is 11.4 Å². The van der Waals surface area contributed by atoms with Crippen molar-refractivity contribution in [2.45, 2.75) is 19.5 Å². The average Bonchev–Trinajstić information content (AvgIpc) is 2.62. The van der Waals surface area contributed by atoms with Crippen molar-refractivity contribution in [3.8, 4) is 0 Å². The Bertz CT molecular complexity index is 376. The van der Waals surface area contributed by atoms with Crippen molar-refractivity contribution in [2.75, 3.05) is 0 Å². The van der Waals surface area contributed by atoms with Gasteiger partial charge in [0.1, 0.15) is 6.04 Å². The van der Waals surface area contributed by atoms with Crippen LogP contribution in [0.1, 0.15) is 12.5 Å². The number of nitrogens with one attached hydrogen (secondary N) is 1. The predicted octanol–water partition coefficient (Wildman–Crippen LogP) is 1.22. The minimum absolute atomic E-state index is 0.0646. The van der Waals surface area contributed by atoms with Gasteiger partial charge >= 0.3 is 11.0 Å². The van der Waals surface area contributed by atoms with Crippen molar-refractivity contribution in [3.63, 3.8) is 0 Å². The molecule has 0 spiro atoms. The Morgan fingerprint density at radius 1 is 1.80 bits per heavy atom. The van der Waals surface area contributed by atoms with E-state index in [1.54, 1.807) is 5.38 Å². The number of rotatable bonds is 5. The molecule has 0 amide bonds. The second kappa shape index (κ2) is 4.85. The number of carboxylic acid groups (broad SMARTS) is 1. The van der Waals surface area contributed by atoms with Crippen LogP contribution in [-0.2, 0) is 11.3 Å². The van der Waals surface area contributed by atoms with Crippen LogP contribution in [0.5, 0.6) is 0 Å². The molecule has 0 radical (unpaired) electrons. The lowest BCUT2D eigenvalue weighted by Gasteiger charge is -2.06. The van der Waals surface area contributed by atoms with Gasteiger partial charge in [-0.2, -0.15) is 0 Å². The SMILES string of the molecule is CC(NCc1csc([N+](=O)[O-])c1)C(=O)O. The topological polar surface area (TPSA) is 92.5 Å². The zero-order chi connectivity index (χ0) is 11.4. The third kappa shape index (κ3) is 3.30. The van der Waals surface area contributed by atoms with E-state index in [0.717, 1.165) is 16.9 Å². The number of aliphatic carboxylic acids is 1. The van der Waals surface area contributed by atoms with Crippen LogP contribution in [0, 0.1) is 10.1 Å². The summed E-state index contributed by atoms with van der Waals surface area (Å²) < 4.78 is 0. The standard InChI is InChI=1S/C8H10N2O4S/c1-5(8(11)12)9-3-6-2-7(10(13)14)15-4-6/h2,4-5,9H,3H2,1H3,(H,11,12). The van der Waals surface area contributed by atoms with Crippen LogP contribution in [0.2, 0.25) is 0 Å². The maximum atomic E-state index is 10.5. The highest BCUT2D eigenvalue weighted by molar-refractivity contribution is 7.13. The molecule has 1 aromatic rings. The van der Waals surface area contributed by atoms with Crippen LogP contribution in [0.3, 0.4) is 0 Å². The smallest absolute Gasteiger partial charge is 0.324 e. The summed E-state index contributed by atoms with van der Waals surface area (Å²) in [5, 5.41) is 23.4. The van der Waals surface area contributed by atoms with Gasteiger partial charge in [-0.05, 0) is 12.5 Å². The van der Waals surface area contributed by atoms with Crippen molar-refractivity contribution in [2.24, 2.45) is 0 Å². The van der Waals surface area contributed by atoms with Crippen LogP contribution in [0.4, 0.5) is 5.00 Å². The Labute approximate surface area is 89.7 Å². The monoisotopic (exact) mass is 230 g/mol. The second-order valence-electron chi connectivity index (χ2n) is 2.99. The fourth-order valence-electron chi connectivity index (χ4n) is 0.909. The van der Waals surface area contributed by atoms with Crippen molar-refractivity contribution < 1.29 is 14.8 Å². The molecule has 0 bridgehead atoms. The molecule has 0 fully saturated rings. The van der Waals surface area contributed by atoms with Crippen LogP contribution < -0.4 is 5.32 Å². The molecule has 1 rings (SSSR count). The van der Waals surface area contributed by atoms with E-state index in [2.05, 4.69) is 5.32 Å². The van der Waals surface area contributed by atoms with Gasteiger partial charge in [0, 0.05) is 18.0 Å². The van der Waals surface area contributed by atoms with E-state index in [-0.39, 0.29) is 5.00 Å². The number of nitrogens with zero attached hydrogens (tertiary/aromatic N) is 1. The molecule has 0 aliphatic carbocycles. The Kier molecular flexibility index (Phi) is 3.75. The van der Waals surface area contributed by atoms with Gasteiger partial charge in [0.05, 0.1) is 4.92 Å². The summed E-state index contributed by atoms with van der Waals surface area (Å²) in [6.45, 7) is 1.83. The summed E-state index contributed by atoms with van der Waals surface area (Å²) in [6, 6.07) is 0.774. The average molecular weight is 230 g/mol. The molecule has 0 aliphatic heterocycles. The molecular formula is C8H10N2O4S. The molecule has 1 unspecified atom stereocenters. The van der Waals surface area contributed by atoms with E-state index in [0.29, 0.717) is 6.54 Å². The van der Waals surface area contributed by atoms with Crippen molar-refractivity contribution in [1.82, 2.24) is 5.32 Å². The van der Waals surface area contributed by atoms with E-state index < -0.39 is 16.9 Å². The maximum Gasteiger partial charge on any atom is 0.324 e. The van der Waals surface area contributed by atoms with Gasteiger partial charge in [0.2, 0.25) is 0 Å². The summed E-state index contributed by atoms with van der Waals surface area (Å²) in [5.41, 5.74) is 0.722. The highest BCUT2D eigenvalue weighted by Gasteiger charge is 2.12. The first-order valence-corrected chi connectivity index (χ1v) is 5.06. The van der Waals surface area contributed by atoms with Crippen LogP contribution >= 0.6 is 11.3 Å². The molecule has 2 N–H and O–H groups in total. The number of carbonyl (C=O) groups is 1. The Balaban J connectivity index is 2.51. The predicted molar refractivity (Wildman–Crippen MR) is 54.9 cm³/mol. The summed E-state index contributed by atoms with van der Waals surface area (Å²) in [5.74, 6) is -0.945. The fourth-order valence-corrected chi connectivity index (χ4v) is 1.64. The molecule has 1 aromatic heterocycles. The summed E-state index contributed by atoms with van der Waals surface area (Å²) in [6.07, 6.45) is 0. The lowest BCUT2D eigenvalue weighted by Crippen LogP contribution is -2.32. The van der Waals surface area contributed by atoms with Crippen LogP contribution in [-0.4, -0.2) is 22.0 Å². The Hall–Kier alpha value is -1.47. The number of hydrogen-bond acceptors (Lipinski definition) is 5.